The number of hydrogen-bond acceptors (Lipinski definition) is 4. The van der Waals surface area contributed by atoms with Crippen molar-refractivity contribution in [2.24, 2.45) is 0 Å². The van der Waals surface area contributed by atoms with Crippen molar-refractivity contribution >= 4 is 21.6 Å². The first-order valence-corrected chi connectivity index (χ1v) is 11.3. The number of aryl methyl sites for hydroxylation is 1. The summed E-state index contributed by atoms with van der Waals surface area (Å²) in [6.45, 7) is 3.72. The third-order valence-electron chi connectivity index (χ3n) is 5.17. The van der Waals surface area contributed by atoms with E-state index in [0.717, 1.165) is 16.9 Å². The second-order valence-corrected chi connectivity index (χ2v) is 9.22. The van der Waals surface area contributed by atoms with Gasteiger partial charge in [0.2, 0.25) is 0 Å². The number of benzene rings is 3. The third kappa shape index (κ3) is 4.88. The Bertz CT molecular complexity index is 1170. The fourth-order valence-corrected chi connectivity index (χ4v) is 4.56. The molecule has 3 aromatic rings. The molecule has 0 aromatic heterocycles. The van der Waals surface area contributed by atoms with Crippen LogP contribution >= 0.6 is 0 Å². The molecule has 0 aliphatic carbocycles. The van der Waals surface area contributed by atoms with Gasteiger partial charge in [-0.15, -0.1) is 0 Å². The lowest BCUT2D eigenvalue weighted by Crippen LogP contribution is -2.29. The first-order chi connectivity index (χ1) is 14.7. The van der Waals surface area contributed by atoms with Crippen LogP contribution in [0.3, 0.4) is 0 Å². The van der Waals surface area contributed by atoms with E-state index >= 15 is 0 Å². The highest BCUT2D eigenvalue weighted by Gasteiger charge is 2.23. The average molecular weight is 439 g/mol. The van der Waals surface area contributed by atoms with Crippen molar-refractivity contribution in [1.82, 2.24) is 5.32 Å². The number of amides is 1. The first-order valence-electron chi connectivity index (χ1n) is 9.83. The van der Waals surface area contributed by atoms with Crippen molar-refractivity contribution in [2.75, 3.05) is 18.5 Å². The fourth-order valence-electron chi connectivity index (χ4n) is 3.26. The minimum absolute atomic E-state index is 0.0583. The highest BCUT2D eigenvalue weighted by Crippen LogP contribution is 2.25. The van der Waals surface area contributed by atoms with Gasteiger partial charge in [-0.1, -0.05) is 36.4 Å². The Kier molecular flexibility index (Phi) is 6.65. The zero-order chi connectivity index (χ0) is 22.6. The molecule has 0 unspecified atom stereocenters. The maximum Gasteiger partial charge on any atom is 0.264 e. The lowest BCUT2D eigenvalue weighted by Gasteiger charge is -2.21. The van der Waals surface area contributed by atoms with Gasteiger partial charge >= 0.3 is 0 Å². The van der Waals surface area contributed by atoms with E-state index in [2.05, 4.69) is 5.32 Å². The molecule has 31 heavy (non-hydrogen) atoms. The normalized spacial score (nSPS) is 12.1. The fraction of sp³-hybridized carbons (Fsp3) is 0.208. The smallest absolute Gasteiger partial charge is 0.264 e. The molecule has 0 saturated heterocycles. The van der Waals surface area contributed by atoms with Gasteiger partial charge in [-0.3, -0.25) is 9.10 Å². The van der Waals surface area contributed by atoms with Crippen LogP contribution in [0.2, 0.25) is 0 Å². The maximum absolute atomic E-state index is 13.1. The highest BCUT2D eigenvalue weighted by atomic mass is 32.2. The van der Waals surface area contributed by atoms with Crippen LogP contribution in [0.15, 0.2) is 77.7 Å². The molecule has 7 heteroatoms. The van der Waals surface area contributed by atoms with Crippen molar-refractivity contribution in [3.63, 3.8) is 0 Å². The van der Waals surface area contributed by atoms with E-state index in [9.17, 15) is 13.2 Å². The Labute approximate surface area is 183 Å². The highest BCUT2D eigenvalue weighted by molar-refractivity contribution is 7.92. The van der Waals surface area contributed by atoms with Crippen LogP contribution in [0.4, 0.5) is 5.69 Å². The van der Waals surface area contributed by atoms with Gasteiger partial charge in [0.05, 0.1) is 23.7 Å². The van der Waals surface area contributed by atoms with Crippen LogP contribution in [0.5, 0.6) is 5.75 Å². The van der Waals surface area contributed by atoms with Crippen molar-refractivity contribution in [2.45, 2.75) is 24.8 Å². The van der Waals surface area contributed by atoms with Gasteiger partial charge < -0.3 is 10.1 Å². The van der Waals surface area contributed by atoms with Crippen LogP contribution in [0.1, 0.15) is 34.5 Å². The van der Waals surface area contributed by atoms with Gasteiger partial charge in [-0.25, -0.2) is 8.42 Å². The number of hydrogen-bond donors (Lipinski definition) is 1. The molecule has 0 spiro atoms. The SMILES string of the molecule is COc1ccc([C@@H](C)NC(=O)c2cccc(S(=O)(=O)N(C)c3ccccc3C)c2)cc1. The number of sulfonamides is 1. The summed E-state index contributed by atoms with van der Waals surface area (Å²) >= 11 is 0. The predicted octanol–water partition coefficient (Wildman–Crippen LogP) is 4.32. The molecular formula is C24H26N2O4S. The van der Waals surface area contributed by atoms with Crippen molar-refractivity contribution in [1.29, 1.82) is 0 Å². The number of para-hydroxylation sites is 1. The molecule has 0 aliphatic heterocycles. The largest absolute Gasteiger partial charge is 0.497 e. The predicted molar refractivity (Wildman–Crippen MR) is 122 cm³/mol. The number of rotatable bonds is 7. The second-order valence-electron chi connectivity index (χ2n) is 7.26. The molecule has 0 saturated carbocycles. The number of nitrogens with zero attached hydrogens (tertiary/aromatic N) is 1. The van der Waals surface area contributed by atoms with Gasteiger partial charge in [-0.2, -0.15) is 0 Å². The topological polar surface area (TPSA) is 75.7 Å². The van der Waals surface area contributed by atoms with E-state index in [4.69, 9.17) is 4.74 Å². The monoisotopic (exact) mass is 438 g/mol. The molecule has 0 radical (unpaired) electrons. The lowest BCUT2D eigenvalue weighted by molar-refractivity contribution is 0.0939. The van der Waals surface area contributed by atoms with Gasteiger partial charge in [-0.05, 0) is 61.4 Å². The van der Waals surface area contributed by atoms with E-state index < -0.39 is 10.0 Å². The quantitative estimate of drug-likeness (QED) is 0.596. The van der Waals surface area contributed by atoms with Gasteiger partial charge in [0.25, 0.3) is 15.9 Å². The molecule has 0 aliphatic rings. The summed E-state index contributed by atoms with van der Waals surface area (Å²) in [6.07, 6.45) is 0. The Morgan fingerprint density at radius 1 is 1.00 bits per heavy atom. The zero-order valence-corrected chi connectivity index (χ0v) is 18.8. The number of carbonyl (C=O) groups excluding carboxylic acids is 1. The maximum atomic E-state index is 13.1. The van der Waals surface area contributed by atoms with E-state index in [1.54, 1.807) is 31.4 Å². The molecule has 6 nitrogen and oxygen atoms in total. The van der Waals surface area contributed by atoms with E-state index in [-0.39, 0.29) is 22.4 Å². The van der Waals surface area contributed by atoms with E-state index in [1.165, 1.54) is 23.5 Å². The molecule has 0 fully saturated rings. The van der Waals surface area contributed by atoms with Gasteiger partial charge in [0.15, 0.2) is 0 Å². The summed E-state index contributed by atoms with van der Waals surface area (Å²) in [4.78, 5) is 12.8. The summed E-state index contributed by atoms with van der Waals surface area (Å²) in [5.41, 5.74) is 2.62. The molecule has 162 valence electrons. The molecule has 1 amide bonds. The molecular weight excluding hydrogens is 412 g/mol. The van der Waals surface area contributed by atoms with E-state index in [0.29, 0.717) is 5.69 Å². The molecule has 1 N–H and O–H groups in total. The van der Waals surface area contributed by atoms with Crippen molar-refractivity contribution in [3.8, 4) is 5.75 Å². The zero-order valence-electron chi connectivity index (χ0n) is 18.0. The average Bonchev–Trinajstić information content (AvgIpc) is 2.79. The van der Waals surface area contributed by atoms with Crippen LogP contribution in [0.25, 0.3) is 0 Å². The van der Waals surface area contributed by atoms with Crippen molar-refractivity contribution < 1.29 is 17.9 Å². The Hall–Kier alpha value is -3.32. The summed E-state index contributed by atoms with van der Waals surface area (Å²) in [7, 11) is -0.714. The number of anilines is 1. The summed E-state index contributed by atoms with van der Waals surface area (Å²) in [5, 5.41) is 2.91. The van der Waals surface area contributed by atoms with Crippen LogP contribution in [-0.4, -0.2) is 28.5 Å². The molecule has 1 atom stereocenters. The van der Waals surface area contributed by atoms with Crippen LogP contribution in [0, 0.1) is 6.92 Å². The minimum Gasteiger partial charge on any atom is -0.497 e. The van der Waals surface area contributed by atoms with Crippen LogP contribution in [-0.2, 0) is 10.0 Å². The van der Waals surface area contributed by atoms with Gasteiger partial charge in [0, 0.05) is 12.6 Å². The minimum atomic E-state index is -3.82. The standard InChI is InChI=1S/C24H26N2O4S/c1-17-8-5-6-11-23(17)26(3)31(28,29)22-10-7-9-20(16-22)24(27)25-18(2)19-12-14-21(30-4)15-13-19/h5-16,18H,1-4H3,(H,25,27)/t18-/m1/s1. The Morgan fingerprint density at radius 2 is 1.68 bits per heavy atom. The summed E-state index contributed by atoms with van der Waals surface area (Å²) in [5.74, 6) is 0.386. The van der Waals surface area contributed by atoms with Crippen molar-refractivity contribution in [3.05, 3.63) is 89.5 Å². The summed E-state index contributed by atoms with van der Waals surface area (Å²) < 4.78 is 32.7. The Balaban J connectivity index is 1.81. The molecule has 0 heterocycles. The first kappa shape index (κ1) is 22.4. The molecule has 3 aromatic carbocycles. The van der Waals surface area contributed by atoms with E-state index in [1.807, 2.05) is 50.2 Å². The second kappa shape index (κ2) is 9.22. The number of nitrogens with one attached hydrogen (secondary N) is 1. The number of methoxy groups -OCH3 is 1. The molecule has 3 rings (SSSR count). The third-order valence-corrected chi connectivity index (χ3v) is 6.94. The summed E-state index contributed by atoms with van der Waals surface area (Å²) in [6, 6.07) is 20.5. The number of carbonyl (C=O) groups is 1. The number of ether oxygens (including phenoxy) is 1. The lowest BCUT2D eigenvalue weighted by atomic mass is 10.1. The Morgan fingerprint density at radius 3 is 2.32 bits per heavy atom. The van der Waals surface area contributed by atoms with Gasteiger partial charge in [0.1, 0.15) is 5.75 Å². The molecule has 0 bridgehead atoms. The van der Waals surface area contributed by atoms with Crippen LogP contribution < -0.4 is 14.4 Å².